The Morgan fingerprint density at radius 1 is 1.21 bits per heavy atom. The van der Waals surface area contributed by atoms with Gasteiger partial charge < -0.3 is 0 Å². The van der Waals surface area contributed by atoms with E-state index in [-0.39, 0.29) is 0 Å². The molecule has 0 amide bonds. The van der Waals surface area contributed by atoms with E-state index in [1.807, 2.05) is 0 Å². The molecule has 0 heterocycles. The summed E-state index contributed by atoms with van der Waals surface area (Å²) in [6, 6.07) is 5.96. The van der Waals surface area contributed by atoms with Gasteiger partial charge in [0, 0.05) is 6.07 Å². The maximum atomic E-state index is 13.2. The van der Waals surface area contributed by atoms with Crippen molar-refractivity contribution in [2.45, 2.75) is 45.4 Å². The van der Waals surface area contributed by atoms with Gasteiger partial charge >= 0.3 is 0 Å². The van der Waals surface area contributed by atoms with E-state index in [4.69, 9.17) is 0 Å². The average molecular weight is 263 g/mol. The predicted octanol–water partition coefficient (Wildman–Crippen LogP) is 4.62. The molecule has 1 aromatic carbocycles. The van der Waals surface area contributed by atoms with E-state index in [0.29, 0.717) is 17.9 Å². The van der Waals surface area contributed by atoms with Crippen molar-refractivity contribution in [1.29, 1.82) is 5.26 Å². The van der Waals surface area contributed by atoms with Gasteiger partial charge in [0.15, 0.2) is 0 Å². The standard InChI is InChI=1S/C16H19F2N/c1-2-12-3-5-16(11-19,6-4-12)10-13-7-14(17)9-15(18)8-13/h7-9,12H,2-6,10H2,1H3. The predicted molar refractivity (Wildman–Crippen MR) is 70.4 cm³/mol. The van der Waals surface area contributed by atoms with Crippen molar-refractivity contribution in [3.63, 3.8) is 0 Å². The number of nitrogens with zero attached hydrogens (tertiary/aromatic N) is 1. The van der Waals surface area contributed by atoms with Crippen LogP contribution in [0.1, 0.15) is 44.6 Å². The van der Waals surface area contributed by atoms with Gasteiger partial charge in [-0.2, -0.15) is 5.26 Å². The van der Waals surface area contributed by atoms with Crippen molar-refractivity contribution in [3.8, 4) is 6.07 Å². The van der Waals surface area contributed by atoms with Crippen LogP contribution >= 0.6 is 0 Å². The number of halogens is 2. The third-order valence-corrected chi connectivity index (χ3v) is 4.34. The molecule has 1 aliphatic rings. The maximum absolute atomic E-state index is 13.2. The summed E-state index contributed by atoms with van der Waals surface area (Å²) in [5, 5.41) is 9.46. The van der Waals surface area contributed by atoms with Crippen LogP contribution in [0.4, 0.5) is 8.78 Å². The molecule has 0 bridgehead atoms. The summed E-state index contributed by atoms with van der Waals surface area (Å²) in [5.41, 5.74) is 0.153. The number of hydrogen-bond acceptors (Lipinski definition) is 1. The molecule has 0 N–H and O–H groups in total. The summed E-state index contributed by atoms with van der Waals surface area (Å²) < 4.78 is 26.4. The molecule has 1 nitrogen and oxygen atoms in total. The molecule has 0 aliphatic heterocycles. The lowest BCUT2D eigenvalue weighted by Gasteiger charge is -2.34. The van der Waals surface area contributed by atoms with Crippen LogP contribution in [0, 0.1) is 34.3 Å². The topological polar surface area (TPSA) is 23.8 Å². The number of benzene rings is 1. The summed E-state index contributed by atoms with van der Waals surface area (Å²) in [4.78, 5) is 0. The van der Waals surface area contributed by atoms with Crippen molar-refractivity contribution in [3.05, 3.63) is 35.4 Å². The Morgan fingerprint density at radius 2 is 1.79 bits per heavy atom. The Morgan fingerprint density at radius 3 is 2.26 bits per heavy atom. The zero-order valence-corrected chi connectivity index (χ0v) is 11.3. The van der Waals surface area contributed by atoms with Crippen molar-refractivity contribution < 1.29 is 8.78 Å². The van der Waals surface area contributed by atoms with Crippen LogP contribution in [-0.2, 0) is 6.42 Å². The molecule has 1 saturated carbocycles. The van der Waals surface area contributed by atoms with Crippen molar-refractivity contribution in [2.75, 3.05) is 0 Å². The molecule has 1 aliphatic carbocycles. The Labute approximate surface area is 113 Å². The number of hydrogen-bond donors (Lipinski definition) is 0. The molecule has 102 valence electrons. The molecule has 0 unspecified atom stereocenters. The van der Waals surface area contributed by atoms with Crippen LogP contribution in [-0.4, -0.2) is 0 Å². The molecule has 0 radical (unpaired) electrons. The van der Waals surface area contributed by atoms with Gasteiger partial charge in [-0.25, -0.2) is 8.78 Å². The van der Waals surface area contributed by atoms with E-state index in [1.54, 1.807) is 0 Å². The minimum Gasteiger partial charge on any atom is -0.207 e. The fourth-order valence-electron chi connectivity index (χ4n) is 3.07. The van der Waals surface area contributed by atoms with Crippen molar-refractivity contribution in [1.82, 2.24) is 0 Å². The quantitative estimate of drug-likeness (QED) is 0.780. The second-order valence-corrected chi connectivity index (χ2v) is 5.70. The van der Waals surface area contributed by atoms with Crippen molar-refractivity contribution >= 4 is 0 Å². The van der Waals surface area contributed by atoms with Gasteiger partial charge in [0.25, 0.3) is 0 Å². The van der Waals surface area contributed by atoms with Gasteiger partial charge in [-0.1, -0.05) is 13.3 Å². The lowest BCUT2D eigenvalue weighted by Crippen LogP contribution is -2.28. The van der Waals surface area contributed by atoms with Gasteiger partial charge in [0.05, 0.1) is 11.5 Å². The largest absolute Gasteiger partial charge is 0.207 e. The molecule has 1 aromatic rings. The monoisotopic (exact) mass is 263 g/mol. The molecule has 19 heavy (non-hydrogen) atoms. The SMILES string of the molecule is CCC1CCC(C#N)(Cc2cc(F)cc(F)c2)CC1. The van der Waals surface area contributed by atoms with Gasteiger partial charge in [-0.3, -0.25) is 0 Å². The van der Waals surface area contributed by atoms with Crippen LogP contribution in [0.25, 0.3) is 0 Å². The zero-order chi connectivity index (χ0) is 13.9. The number of nitriles is 1. The first-order valence-electron chi connectivity index (χ1n) is 6.93. The molecule has 1 fully saturated rings. The highest BCUT2D eigenvalue weighted by Gasteiger charge is 2.35. The molecule has 2 rings (SSSR count). The Hall–Kier alpha value is -1.43. The summed E-state index contributed by atoms with van der Waals surface area (Å²) in [7, 11) is 0. The molecule has 0 spiro atoms. The summed E-state index contributed by atoms with van der Waals surface area (Å²) in [6.07, 6.45) is 5.36. The Bertz CT molecular complexity index is 462. The van der Waals surface area contributed by atoms with E-state index in [1.165, 1.54) is 12.1 Å². The van der Waals surface area contributed by atoms with Gasteiger partial charge in [0.1, 0.15) is 11.6 Å². The zero-order valence-electron chi connectivity index (χ0n) is 11.3. The molecular weight excluding hydrogens is 244 g/mol. The van der Waals surface area contributed by atoms with Crippen LogP contribution in [0.15, 0.2) is 18.2 Å². The molecule has 0 saturated heterocycles. The number of rotatable bonds is 3. The van der Waals surface area contributed by atoms with E-state index in [9.17, 15) is 14.0 Å². The lowest BCUT2D eigenvalue weighted by molar-refractivity contribution is 0.205. The molecule has 0 aromatic heterocycles. The summed E-state index contributed by atoms with van der Waals surface area (Å²) >= 11 is 0. The van der Waals surface area contributed by atoms with Gasteiger partial charge in [-0.15, -0.1) is 0 Å². The van der Waals surface area contributed by atoms with Crippen LogP contribution in [0.5, 0.6) is 0 Å². The van der Waals surface area contributed by atoms with E-state index in [0.717, 1.165) is 38.2 Å². The third kappa shape index (κ3) is 3.32. The maximum Gasteiger partial charge on any atom is 0.126 e. The van der Waals surface area contributed by atoms with Gasteiger partial charge in [0.2, 0.25) is 0 Å². The first kappa shape index (κ1) is 14.0. The summed E-state index contributed by atoms with van der Waals surface area (Å²) in [5.74, 6) is -0.429. The van der Waals surface area contributed by atoms with E-state index >= 15 is 0 Å². The van der Waals surface area contributed by atoms with Crippen molar-refractivity contribution in [2.24, 2.45) is 11.3 Å². The van der Waals surface area contributed by atoms with E-state index in [2.05, 4.69) is 13.0 Å². The van der Waals surface area contributed by atoms with Gasteiger partial charge in [-0.05, 0) is 55.7 Å². The minimum absolute atomic E-state index is 0.439. The fraction of sp³-hybridized carbons (Fsp3) is 0.562. The highest BCUT2D eigenvalue weighted by molar-refractivity contribution is 5.22. The first-order chi connectivity index (χ1) is 9.07. The minimum atomic E-state index is -0.565. The molecule has 0 atom stereocenters. The summed E-state index contributed by atoms with van der Waals surface area (Å²) in [6.45, 7) is 2.17. The van der Waals surface area contributed by atoms with E-state index < -0.39 is 17.0 Å². The first-order valence-corrected chi connectivity index (χ1v) is 6.93. The van der Waals surface area contributed by atoms with Crippen LogP contribution < -0.4 is 0 Å². The molecule has 3 heteroatoms. The van der Waals surface area contributed by atoms with Crippen LogP contribution in [0.3, 0.4) is 0 Å². The smallest absolute Gasteiger partial charge is 0.126 e. The highest BCUT2D eigenvalue weighted by Crippen LogP contribution is 2.42. The molecular formula is C16H19F2N. The third-order valence-electron chi connectivity index (χ3n) is 4.34. The van der Waals surface area contributed by atoms with Crippen LogP contribution in [0.2, 0.25) is 0 Å². The second kappa shape index (κ2) is 5.69. The Balaban J connectivity index is 2.13. The fourth-order valence-corrected chi connectivity index (χ4v) is 3.07. The normalized spacial score (nSPS) is 26.9. The Kier molecular flexibility index (Phi) is 4.19. The average Bonchev–Trinajstić information content (AvgIpc) is 2.38. The highest BCUT2D eigenvalue weighted by atomic mass is 19.1. The second-order valence-electron chi connectivity index (χ2n) is 5.70. The lowest BCUT2D eigenvalue weighted by atomic mass is 9.68.